The molecule has 3 aromatic rings. The number of ether oxygens (including phenoxy) is 3. The topological polar surface area (TPSA) is 56.8 Å². The normalized spacial score (nSPS) is 11.4. The Balaban J connectivity index is 1.76. The fourth-order valence-corrected chi connectivity index (χ4v) is 3.24. The quantitative estimate of drug-likeness (QED) is 0.534. The Morgan fingerprint density at radius 3 is 2.27 bits per heavy atom. The first-order valence-corrected chi connectivity index (χ1v) is 9.94. The van der Waals surface area contributed by atoms with Crippen LogP contribution in [-0.2, 0) is 6.61 Å². The van der Waals surface area contributed by atoms with E-state index in [-0.39, 0.29) is 11.9 Å². The highest BCUT2D eigenvalue weighted by molar-refractivity contribution is 5.97. The maximum absolute atomic E-state index is 13.0. The lowest BCUT2D eigenvalue weighted by Crippen LogP contribution is -2.28. The number of benzene rings is 3. The van der Waals surface area contributed by atoms with E-state index in [0.717, 1.165) is 17.5 Å². The third kappa shape index (κ3) is 5.11. The van der Waals surface area contributed by atoms with Crippen molar-refractivity contribution in [2.45, 2.75) is 26.0 Å². The molecule has 0 fully saturated rings. The molecule has 5 nitrogen and oxygen atoms in total. The third-order valence-corrected chi connectivity index (χ3v) is 4.89. The Kier molecular flexibility index (Phi) is 7.33. The molecule has 1 amide bonds. The molecule has 156 valence electrons. The lowest BCUT2D eigenvalue weighted by Gasteiger charge is -2.20. The fourth-order valence-electron chi connectivity index (χ4n) is 3.24. The van der Waals surface area contributed by atoms with E-state index in [1.807, 2.05) is 73.7 Å². The zero-order chi connectivity index (χ0) is 21.3. The van der Waals surface area contributed by atoms with Crippen LogP contribution in [0.1, 0.15) is 40.9 Å². The largest absolute Gasteiger partial charge is 0.493 e. The van der Waals surface area contributed by atoms with E-state index in [9.17, 15) is 4.79 Å². The minimum Gasteiger partial charge on any atom is -0.493 e. The maximum atomic E-state index is 13.0. The van der Waals surface area contributed by atoms with Gasteiger partial charge in [0.15, 0.2) is 11.5 Å². The van der Waals surface area contributed by atoms with Crippen LogP contribution in [0, 0.1) is 0 Å². The molecule has 0 aliphatic heterocycles. The number of carbonyl (C=O) groups excluding carboxylic acids is 1. The van der Waals surface area contributed by atoms with Crippen LogP contribution >= 0.6 is 0 Å². The minimum absolute atomic E-state index is 0.167. The molecule has 0 unspecified atom stereocenters. The SMILES string of the molecule is CC[C@H](NC(=O)c1ccccc1OCc1ccccc1)c1ccc(OC)c(OC)c1. The summed E-state index contributed by atoms with van der Waals surface area (Å²) in [7, 11) is 3.20. The van der Waals surface area contributed by atoms with Gasteiger partial charge in [-0.1, -0.05) is 55.5 Å². The van der Waals surface area contributed by atoms with E-state index in [2.05, 4.69) is 5.32 Å². The van der Waals surface area contributed by atoms with Crippen LogP contribution in [-0.4, -0.2) is 20.1 Å². The van der Waals surface area contributed by atoms with Crippen molar-refractivity contribution < 1.29 is 19.0 Å². The number of carbonyl (C=O) groups is 1. The summed E-state index contributed by atoms with van der Waals surface area (Å²) in [6.45, 7) is 2.43. The number of methoxy groups -OCH3 is 2. The van der Waals surface area contributed by atoms with Gasteiger partial charge in [0.1, 0.15) is 12.4 Å². The first kappa shape index (κ1) is 21.2. The predicted molar refractivity (Wildman–Crippen MR) is 117 cm³/mol. The number of para-hydroxylation sites is 1. The van der Waals surface area contributed by atoms with Crippen molar-refractivity contribution in [2.24, 2.45) is 0 Å². The third-order valence-electron chi connectivity index (χ3n) is 4.89. The molecule has 3 aromatic carbocycles. The van der Waals surface area contributed by atoms with E-state index >= 15 is 0 Å². The molecular weight excluding hydrogens is 378 g/mol. The summed E-state index contributed by atoms with van der Waals surface area (Å²) in [6.07, 6.45) is 0.730. The van der Waals surface area contributed by atoms with Crippen LogP contribution in [0.5, 0.6) is 17.2 Å². The highest BCUT2D eigenvalue weighted by Crippen LogP contribution is 2.31. The van der Waals surface area contributed by atoms with Crippen molar-refractivity contribution >= 4 is 5.91 Å². The van der Waals surface area contributed by atoms with Crippen molar-refractivity contribution in [3.63, 3.8) is 0 Å². The molecule has 0 aliphatic rings. The zero-order valence-electron chi connectivity index (χ0n) is 17.6. The lowest BCUT2D eigenvalue weighted by atomic mass is 10.0. The second-order valence-corrected chi connectivity index (χ2v) is 6.82. The molecule has 0 aliphatic carbocycles. The van der Waals surface area contributed by atoms with Crippen molar-refractivity contribution in [2.75, 3.05) is 14.2 Å². The number of amides is 1. The Hall–Kier alpha value is -3.47. The van der Waals surface area contributed by atoms with Gasteiger partial charge in [-0.2, -0.15) is 0 Å². The molecule has 5 heteroatoms. The van der Waals surface area contributed by atoms with E-state index in [4.69, 9.17) is 14.2 Å². The molecule has 0 radical (unpaired) electrons. The van der Waals surface area contributed by atoms with Crippen LogP contribution in [0.2, 0.25) is 0 Å². The van der Waals surface area contributed by atoms with E-state index in [1.165, 1.54) is 0 Å². The molecule has 0 aromatic heterocycles. The van der Waals surface area contributed by atoms with Gasteiger partial charge >= 0.3 is 0 Å². The van der Waals surface area contributed by atoms with Gasteiger partial charge in [0.25, 0.3) is 5.91 Å². The number of hydrogen-bond donors (Lipinski definition) is 1. The monoisotopic (exact) mass is 405 g/mol. The smallest absolute Gasteiger partial charge is 0.255 e. The van der Waals surface area contributed by atoms with Gasteiger partial charge in [-0.25, -0.2) is 0 Å². The van der Waals surface area contributed by atoms with Gasteiger partial charge in [-0.15, -0.1) is 0 Å². The summed E-state index contributed by atoms with van der Waals surface area (Å²) in [6, 6.07) is 22.7. The Morgan fingerprint density at radius 1 is 0.867 bits per heavy atom. The van der Waals surface area contributed by atoms with E-state index in [1.54, 1.807) is 20.3 Å². The number of rotatable bonds is 9. The van der Waals surface area contributed by atoms with Crippen molar-refractivity contribution in [3.8, 4) is 17.2 Å². The molecule has 30 heavy (non-hydrogen) atoms. The fraction of sp³-hybridized carbons (Fsp3) is 0.240. The molecule has 0 saturated carbocycles. The summed E-state index contributed by atoms with van der Waals surface area (Å²) in [5.41, 5.74) is 2.50. The molecule has 0 spiro atoms. The average Bonchev–Trinajstić information content (AvgIpc) is 2.81. The molecule has 1 N–H and O–H groups in total. The molecule has 1 atom stereocenters. The van der Waals surface area contributed by atoms with Crippen LogP contribution in [0.25, 0.3) is 0 Å². The number of nitrogens with one attached hydrogen (secondary N) is 1. The highest BCUT2D eigenvalue weighted by atomic mass is 16.5. The summed E-state index contributed by atoms with van der Waals surface area (Å²) < 4.78 is 16.6. The summed E-state index contributed by atoms with van der Waals surface area (Å²) in [5.74, 6) is 1.66. The summed E-state index contributed by atoms with van der Waals surface area (Å²) in [5, 5.41) is 3.11. The standard InChI is InChI=1S/C25H27NO4/c1-4-21(19-14-15-23(28-2)24(16-19)29-3)26-25(27)20-12-8-9-13-22(20)30-17-18-10-6-5-7-11-18/h5-16,21H,4,17H2,1-3H3,(H,26,27)/t21-/m0/s1. The van der Waals surface area contributed by atoms with Gasteiger partial charge in [0.05, 0.1) is 25.8 Å². The van der Waals surface area contributed by atoms with Crippen molar-refractivity contribution in [1.82, 2.24) is 5.32 Å². The summed E-state index contributed by atoms with van der Waals surface area (Å²) in [4.78, 5) is 13.0. The predicted octanol–water partition coefficient (Wildman–Crippen LogP) is 5.16. The molecule has 0 saturated heterocycles. The van der Waals surface area contributed by atoms with Gasteiger partial charge in [0, 0.05) is 0 Å². The Labute approximate surface area is 177 Å². The number of hydrogen-bond acceptors (Lipinski definition) is 4. The Morgan fingerprint density at radius 2 is 1.57 bits per heavy atom. The molecule has 3 rings (SSSR count). The second-order valence-electron chi connectivity index (χ2n) is 6.82. The van der Waals surface area contributed by atoms with Crippen molar-refractivity contribution in [3.05, 3.63) is 89.5 Å². The maximum Gasteiger partial charge on any atom is 0.255 e. The molecule has 0 bridgehead atoms. The first-order chi connectivity index (χ1) is 14.7. The zero-order valence-corrected chi connectivity index (χ0v) is 17.6. The minimum atomic E-state index is -0.180. The second kappa shape index (κ2) is 10.3. The van der Waals surface area contributed by atoms with Gasteiger partial charge in [0.2, 0.25) is 0 Å². The Bertz CT molecular complexity index is 972. The van der Waals surface area contributed by atoms with Crippen LogP contribution in [0.4, 0.5) is 0 Å². The van der Waals surface area contributed by atoms with Crippen LogP contribution < -0.4 is 19.5 Å². The molecule has 0 heterocycles. The summed E-state index contributed by atoms with van der Waals surface area (Å²) >= 11 is 0. The first-order valence-electron chi connectivity index (χ1n) is 9.94. The van der Waals surface area contributed by atoms with Gasteiger partial charge in [-0.3, -0.25) is 4.79 Å². The van der Waals surface area contributed by atoms with Crippen LogP contribution in [0.15, 0.2) is 72.8 Å². The van der Waals surface area contributed by atoms with Crippen molar-refractivity contribution in [1.29, 1.82) is 0 Å². The lowest BCUT2D eigenvalue weighted by molar-refractivity contribution is 0.0931. The van der Waals surface area contributed by atoms with E-state index in [0.29, 0.717) is 29.4 Å². The van der Waals surface area contributed by atoms with Gasteiger partial charge < -0.3 is 19.5 Å². The van der Waals surface area contributed by atoms with Gasteiger partial charge in [-0.05, 0) is 41.8 Å². The average molecular weight is 405 g/mol. The molecular formula is C25H27NO4. The highest BCUT2D eigenvalue weighted by Gasteiger charge is 2.19. The van der Waals surface area contributed by atoms with E-state index < -0.39 is 0 Å². The van der Waals surface area contributed by atoms with Crippen LogP contribution in [0.3, 0.4) is 0 Å².